The molecule has 0 saturated carbocycles. The molecule has 110 valence electrons. The average molecular weight is 402 g/mol. The Balaban J connectivity index is 2.48. The lowest BCUT2D eigenvalue weighted by atomic mass is 10.1. The summed E-state index contributed by atoms with van der Waals surface area (Å²) in [4.78, 5) is 12.3. The molecular formula is C10H10F3IN4O2. The number of aryl methyl sites for hydroxylation is 1. The van der Waals surface area contributed by atoms with Crippen LogP contribution in [0.5, 0.6) is 0 Å². The zero-order valence-electron chi connectivity index (χ0n) is 10.4. The highest BCUT2D eigenvalue weighted by atomic mass is 127. The molecule has 1 aromatic heterocycles. The summed E-state index contributed by atoms with van der Waals surface area (Å²) in [5, 5.41) is 17.2. The van der Waals surface area contributed by atoms with Crippen LogP contribution in [0.25, 0.3) is 0 Å². The summed E-state index contributed by atoms with van der Waals surface area (Å²) < 4.78 is 40.6. The van der Waals surface area contributed by atoms with Crippen molar-refractivity contribution in [2.45, 2.75) is 25.2 Å². The van der Waals surface area contributed by atoms with Crippen molar-refractivity contribution in [1.82, 2.24) is 14.8 Å². The molecule has 2 heterocycles. The minimum absolute atomic E-state index is 0.0235. The van der Waals surface area contributed by atoms with Crippen molar-refractivity contribution in [3.05, 3.63) is 15.5 Å². The number of carbonyl (C=O) groups is 1. The maximum atomic E-state index is 13.0. The summed E-state index contributed by atoms with van der Waals surface area (Å²) in [7, 11) is 1.43. The number of hydrogen-bond acceptors (Lipinski definition) is 4. The Morgan fingerprint density at radius 2 is 2.15 bits per heavy atom. The number of rotatable bonds is 1. The highest BCUT2D eigenvalue weighted by Crippen LogP contribution is 2.41. The van der Waals surface area contributed by atoms with Crippen molar-refractivity contribution in [3.63, 3.8) is 0 Å². The standard InChI is InChI=1S/C10H10F3IN4O2/c1-5-3-9(20,10(11,12)13)18(16-5)8(19)7-6(14)4-15-17(7)2/h4,20H,3H2,1-2H3/t9-/m1/s1. The molecule has 1 N–H and O–H groups in total. The number of halogens is 4. The SMILES string of the molecule is CC1=NN(C(=O)c2c(I)cnn2C)[C@](O)(C(F)(F)F)C1. The van der Waals surface area contributed by atoms with Gasteiger partial charge in [-0.1, -0.05) is 0 Å². The molecule has 0 radical (unpaired) electrons. The maximum absolute atomic E-state index is 13.0. The minimum atomic E-state index is -5.01. The molecule has 6 nitrogen and oxygen atoms in total. The number of carbonyl (C=O) groups excluding carboxylic acids is 1. The van der Waals surface area contributed by atoms with Crippen LogP contribution in [0.2, 0.25) is 0 Å². The first-order valence-corrected chi connectivity index (χ1v) is 6.51. The second-order valence-corrected chi connectivity index (χ2v) is 5.57. The van der Waals surface area contributed by atoms with E-state index in [0.29, 0.717) is 3.57 Å². The van der Waals surface area contributed by atoms with Gasteiger partial charge in [0.25, 0.3) is 11.6 Å². The Morgan fingerprint density at radius 1 is 1.55 bits per heavy atom. The summed E-state index contributed by atoms with van der Waals surface area (Å²) >= 11 is 1.78. The van der Waals surface area contributed by atoms with E-state index in [0.717, 1.165) is 4.68 Å². The average Bonchev–Trinajstić information content (AvgIpc) is 2.79. The summed E-state index contributed by atoms with van der Waals surface area (Å²) in [6.07, 6.45) is -4.43. The van der Waals surface area contributed by atoms with Gasteiger partial charge in [0.2, 0.25) is 0 Å². The number of amides is 1. The molecule has 1 atom stereocenters. The van der Waals surface area contributed by atoms with Gasteiger partial charge < -0.3 is 5.11 Å². The van der Waals surface area contributed by atoms with E-state index in [1.807, 2.05) is 0 Å². The van der Waals surface area contributed by atoms with Crippen LogP contribution in [-0.2, 0) is 7.05 Å². The Hall–Kier alpha value is -1.17. The largest absolute Gasteiger partial charge is 0.438 e. The molecule has 1 aliphatic heterocycles. The fraction of sp³-hybridized carbons (Fsp3) is 0.500. The number of aromatic nitrogens is 2. The molecule has 10 heteroatoms. The van der Waals surface area contributed by atoms with Gasteiger partial charge in [-0.25, -0.2) is 0 Å². The summed E-state index contributed by atoms with van der Waals surface area (Å²) in [5.41, 5.74) is -3.36. The maximum Gasteiger partial charge on any atom is 0.438 e. The number of hydrogen-bond donors (Lipinski definition) is 1. The highest BCUT2D eigenvalue weighted by molar-refractivity contribution is 14.1. The molecule has 0 aliphatic carbocycles. The topological polar surface area (TPSA) is 70.7 Å². The van der Waals surface area contributed by atoms with Crippen molar-refractivity contribution >= 4 is 34.2 Å². The molecular weight excluding hydrogens is 392 g/mol. The molecule has 1 aromatic rings. The van der Waals surface area contributed by atoms with Crippen LogP contribution in [0.4, 0.5) is 13.2 Å². The predicted octanol–water partition coefficient (Wildman–Crippen LogP) is 1.50. The summed E-state index contributed by atoms with van der Waals surface area (Å²) in [6.45, 7) is 1.32. The Labute approximate surface area is 125 Å². The molecule has 0 aromatic carbocycles. The lowest BCUT2D eigenvalue weighted by Crippen LogP contribution is -2.57. The van der Waals surface area contributed by atoms with Gasteiger partial charge in [0, 0.05) is 19.2 Å². The van der Waals surface area contributed by atoms with E-state index in [2.05, 4.69) is 10.2 Å². The summed E-state index contributed by atoms with van der Waals surface area (Å²) in [6, 6.07) is 0. The quantitative estimate of drug-likeness (QED) is 0.724. The third-order valence-corrected chi connectivity index (χ3v) is 3.66. The predicted molar refractivity (Wildman–Crippen MR) is 70.8 cm³/mol. The summed E-state index contributed by atoms with van der Waals surface area (Å²) in [5.74, 6) is -1.05. The van der Waals surface area contributed by atoms with Crippen LogP contribution in [0.1, 0.15) is 23.8 Å². The number of nitrogens with zero attached hydrogens (tertiary/aromatic N) is 4. The minimum Gasteiger partial charge on any atom is -0.362 e. The van der Waals surface area contributed by atoms with Gasteiger partial charge in [0.1, 0.15) is 5.69 Å². The zero-order chi connectivity index (χ0) is 15.3. The molecule has 0 saturated heterocycles. The van der Waals surface area contributed by atoms with Crippen LogP contribution in [0.15, 0.2) is 11.3 Å². The Kier molecular flexibility index (Phi) is 3.57. The van der Waals surface area contributed by atoms with Gasteiger partial charge in [-0.3, -0.25) is 9.48 Å². The second-order valence-electron chi connectivity index (χ2n) is 4.41. The second kappa shape index (κ2) is 4.69. The van der Waals surface area contributed by atoms with Crippen molar-refractivity contribution < 1.29 is 23.1 Å². The molecule has 1 aliphatic rings. The van der Waals surface area contributed by atoms with Crippen molar-refractivity contribution in [3.8, 4) is 0 Å². The van der Waals surface area contributed by atoms with E-state index >= 15 is 0 Å². The van der Waals surface area contributed by atoms with E-state index in [9.17, 15) is 23.1 Å². The highest BCUT2D eigenvalue weighted by Gasteiger charge is 2.63. The van der Waals surface area contributed by atoms with Gasteiger partial charge in [-0.2, -0.15) is 28.4 Å². The third kappa shape index (κ3) is 2.20. The molecule has 0 bridgehead atoms. The fourth-order valence-electron chi connectivity index (χ4n) is 1.91. The molecule has 2 rings (SSSR count). The monoisotopic (exact) mass is 402 g/mol. The first-order valence-electron chi connectivity index (χ1n) is 5.43. The molecule has 1 amide bonds. The lowest BCUT2D eigenvalue weighted by molar-refractivity contribution is -0.297. The van der Waals surface area contributed by atoms with Crippen LogP contribution in [-0.4, -0.2) is 43.4 Å². The van der Waals surface area contributed by atoms with Crippen LogP contribution >= 0.6 is 22.6 Å². The number of hydrazone groups is 1. The van der Waals surface area contributed by atoms with Crippen molar-refractivity contribution in [2.24, 2.45) is 12.1 Å². The molecule has 0 unspecified atom stereocenters. The van der Waals surface area contributed by atoms with Crippen LogP contribution in [0, 0.1) is 3.57 Å². The van der Waals surface area contributed by atoms with E-state index in [1.165, 1.54) is 20.2 Å². The van der Waals surface area contributed by atoms with E-state index < -0.39 is 24.2 Å². The first kappa shape index (κ1) is 15.2. The number of aliphatic hydroxyl groups is 1. The third-order valence-electron chi connectivity index (χ3n) is 2.87. The molecule has 0 fully saturated rings. The molecule has 20 heavy (non-hydrogen) atoms. The van der Waals surface area contributed by atoms with E-state index in [1.54, 1.807) is 22.6 Å². The zero-order valence-corrected chi connectivity index (χ0v) is 12.6. The van der Waals surface area contributed by atoms with Gasteiger partial charge in [-0.15, -0.1) is 0 Å². The van der Waals surface area contributed by atoms with Crippen molar-refractivity contribution in [2.75, 3.05) is 0 Å². The Morgan fingerprint density at radius 3 is 2.60 bits per heavy atom. The van der Waals surface area contributed by atoms with Gasteiger partial charge in [-0.05, 0) is 29.5 Å². The van der Waals surface area contributed by atoms with Gasteiger partial charge >= 0.3 is 6.18 Å². The van der Waals surface area contributed by atoms with Crippen LogP contribution < -0.4 is 0 Å². The van der Waals surface area contributed by atoms with Crippen molar-refractivity contribution in [1.29, 1.82) is 0 Å². The van der Waals surface area contributed by atoms with Gasteiger partial charge in [0.05, 0.1) is 9.77 Å². The normalized spacial score (nSPS) is 23.1. The smallest absolute Gasteiger partial charge is 0.362 e. The van der Waals surface area contributed by atoms with E-state index in [4.69, 9.17) is 0 Å². The Bertz CT molecular complexity index is 578. The van der Waals surface area contributed by atoms with Crippen LogP contribution in [0.3, 0.4) is 0 Å². The fourth-order valence-corrected chi connectivity index (χ4v) is 2.61. The molecule has 0 spiro atoms. The first-order chi connectivity index (χ1) is 9.08. The number of alkyl halides is 3. The lowest BCUT2D eigenvalue weighted by Gasteiger charge is -2.32. The van der Waals surface area contributed by atoms with E-state index in [-0.39, 0.29) is 16.4 Å². The van der Waals surface area contributed by atoms with Gasteiger partial charge in [0.15, 0.2) is 0 Å².